The molecule has 3 rings (SSSR count). The van der Waals surface area contributed by atoms with E-state index in [0.29, 0.717) is 19.0 Å². The molecule has 1 aromatic carbocycles. The molecule has 2 aromatic rings. The Hall–Kier alpha value is -2.76. The lowest BCUT2D eigenvalue weighted by Crippen LogP contribution is -2.44. The van der Waals surface area contributed by atoms with Gasteiger partial charge >= 0.3 is 6.03 Å². The number of nitrogens with zero attached hydrogens (tertiary/aromatic N) is 2. The Bertz CT molecular complexity index is 735. The van der Waals surface area contributed by atoms with Crippen LogP contribution in [0.2, 0.25) is 0 Å². The standard InChI is InChI=1S/C19H24N4O2/c1-14(23-11-9-15-6-3-4-8-17(15)23)12-21-19(24)22-13-16-7-5-10-20-18(16)25-2/h3-8,10,14H,9,11-13H2,1-2H3,(H2,21,22,24)/t14-/m0/s1. The average Bonchev–Trinajstić information content (AvgIpc) is 3.09. The Morgan fingerprint density at radius 3 is 2.96 bits per heavy atom. The Balaban J connectivity index is 1.48. The zero-order valence-electron chi connectivity index (χ0n) is 14.7. The maximum atomic E-state index is 12.1. The second-order valence-corrected chi connectivity index (χ2v) is 6.16. The lowest BCUT2D eigenvalue weighted by molar-refractivity contribution is 0.239. The van der Waals surface area contributed by atoms with Gasteiger partial charge in [0.2, 0.25) is 5.88 Å². The molecular formula is C19H24N4O2. The van der Waals surface area contributed by atoms with Crippen molar-refractivity contribution in [1.29, 1.82) is 0 Å². The maximum absolute atomic E-state index is 12.1. The molecule has 0 saturated heterocycles. The van der Waals surface area contributed by atoms with Crippen LogP contribution in [0.4, 0.5) is 10.5 Å². The van der Waals surface area contributed by atoms with Gasteiger partial charge in [-0.15, -0.1) is 0 Å². The fraction of sp³-hybridized carbons (Fsp3) is 0.368. The maximum Gasteiger partial charge on any atom is 0.315 e. The van der Waals surface area contributed by atoms with Gasteiger partial charge in [-0.05, 0) is 31.0 Å². The number of pyridine rings is 1. The van der Waals surface area contributed by atoms with Gasteiger partial charge in [0.1, 0.15) is 0 Å². The van der Waals surface area contributed by atoms with E-state index < -0.39 is 0 Å². The van der Waals surface area contributed by atoms with E-state index >= 15 is 0 Å². The van der Waals surface area contributed by atoms with Crippen molar-refractivity contribution < 1.29 is 9.53 Å². The van der Waals surface area contributed by atoms with E-state index in [1.165, 1.54) is 11.3 Å². The van der Waals surface area contributed by atoms with Crippen molar-refractivity contribution in [2.45, 2.75) is 25.9 Å². The number of aromatic nitrogens is 1. The first-order valence-corrected chi connectivity index (χ1v) is 8.53. The highest BCUT2D eigenvalue weighted by Gasteiger charge is 2.23. The molecule has 2 heterocycles. The van der Waals surface area contributed by atoms with Gasteiger partial charge in [0.05, 0.1) is 7.11 Å². The predicted molar refractivity (Wildman–Crippen MR) is 98.0 cm³/mol. The number of para-hydroxylation sites is 1. The van der Waals surface area contributed by atoms with Crippen LogP contribution in [0.5, 0.6) is 5.88 Å². The van der Waals surface area contributed by atoms with E-state index in [-0.39, 0.29) is 12.1 Å². The van der Waals surface area contributed by atoms with Crippen LogP contribution in [0.3, 0.4) is 0 Å². The molecule has 1 aliphatic rings. The van der Waals surface area contributed by atoms with Crippen molar-refractivity contribution in [3.8, 4) is 5.88 Å². The van der Waals surface area contributed by atoms with Crippen LogP contribution in [-0.2, 0) is 13.0 Å². The number of hydrogen-bond donors (Lipinski definition) is 2. The number of carbonyl (C=O) groups is 1. The number of fused-ring (bicyclic) bond motifs is 1. The molecule has 2 N–H and O–H groups in total. The highest BCUT2D eigenvalue weighted by Crippen LogP contribution is 2.28. The number of benzene rings is 1. The zero-order valence-corrected chi connectivity index (χ0v) is 14.7. The fourth-order valence-electron chi connectivity index (χ4n) is 3.15. The second-order valence-electron chi connectivity index (χ2n) is 6.16. The number of ether oxygens (including phenoxy) is 1. The van der Waals surface area contributed by atoms with Crippen LogP contribution in [0.25, 0.3) is 0 Å². The van der Waals surface area contributed by atoms with Crippen molar-refractivity contribution >= 4 is 11.7 Å². The lowest BCUT2D eigenvalue weighted by atomic mass is 10.2. The number of hydrogen-bond acceptors (Lipinski definition) is 4. The molecule has 0 spiro atoms. The van der Waals surface area contributed by atoms with Gasteiger partial charge in [-0.25, -0.2) is 9.78 Å². The first kappa shape index (κ1) is 17.1. The molecule has 1 atom stereocenters. The van der Waals surface area contributed by atoms with Gasteiger partial charge in [0.15, 0.2) is 0 Å². The summed E-state index contributed by atoms with van der Waals surface area (Å²) in [6, 6.07) is 12.2. The van der Waals surface area contributed by atoms with Gasteiger partial charge in [0, 0.05) is 43.1 Å². The number of rotatable bonds is 6. The topological polar surface area (TPSA) is 66.5 Å². The van der Waals surface area contributed by atoms with Crippen LogP contribution >= 0.6 is 0 Å². The summed E-state index contributed by atoms with van der Waals surface area (Å²) >= 11 is 0. The van der Waals surface area contributed by atoms with Gasteiger partial charge in [-0.3, -0.25) is 0 Å². The van der Waals surface area contributed by atoms with E-state index in [1.54, 1.807) is 13.3 Å². The molecule has 2 amide bonds. The van der Waals surface area contributed by atoms with Gasteiger partial charge in [-0.1, -0.05) is 24.3 Å². The summed E-state index contributed by atoms with van der Waals surface area (Å²) in [4.78, 5) is 18.5. The summed E-state index contributed by atoms with van der Waals surface area (Å²) in [6.45, 7) is 4.09. The van der Waals surface area contributed by atoms with Gasteiger partial charge in [-0.2, -0.15) is 0 Å². The summed E-state index contributed by atoms with van der Waals surface area (Å²) < 4.78 is 5.19. The minimum atomic E-state index is -0.190. The number of carbonyl (C=O) groups excluding carboxylic acids is 1. The van der Waals surface area contributed by atoms with Crippen LogP contribution in [0.1, 0.15) is 18.1 Å². The minimum Gasteiger partial charge on any atom is -0.481 e. The van der Waals surface area contributed by atoms with Crippen LogP contribution in [0.15, 0.2) is 42.6 Å². The molecule has 6 nitrogen and oxygen atoms in total. The van der Waals surface area contributed by atoms with E-state index in [2.05, 4.69) is 51.7 Å². The fourth-order valence-corrected chi connectivity index (χ4v) is 3.15. The largest absolute Gasteiger partial charge is 0.481 e. The van der Waals surface area contributed by atoms with Crippen molar-refractivity contribution in [1.82, 2.24) is 15.6 Å². The number of amides is 2. The second kappa shape index (κ2) is 7.88. The third-order valence-electron chi connectivity index (χ3n) is 4.50. The van der Waals surface area contributed by atoms with Crippen molar-refractivity contribution in [2.24, 2.45) is 0 Å². The number of nitrogens with one attached hydrogen (secondary N) is 2. The van der Waals surface area contributed by atoms with Crippen LogP contribution in [0, 0.1) is 0 Å². The SMILES string of the molecule is COc1ncccc1CNC(=O)NC[C@H](C)N1CCc2ccccc21. The first-order valence-electron chi connectivity index (χ1n) is 8.53. The summed E-state index contributed by atoms with van der Waals surface area (Å²) in [5.41, 5.74) is 3.50. The van der Waals surface area contributed by atoms with Crippen molar-refractivity contribution in [3.05, 3.63) is 53.7 Å². The minimum absolute atomic E-state index is 0.190. The molecule has 0 saturated carbocycles. The molecule has 0 fully saturated rings. The summed E-state index contributed by atoms with van der Waals surface area (Å²) in [5.74, 6) is 0.532. The molecule has 1 aliphatic heterocycles. The molecule has 0 aliphatic carbocycles. The van der Waals surface area contributed by atoms with Gasteiger partial charge < -0.3 is 20.3 Å². The third kappa shape index (κ3) is 4.02. The smallest absolute Gasteiger partial charge is 0.315 e. The van der Waals surface area contributed by atoms with E-state index in [9.17, 15) is 4.79 Å². The highest BCUT2D eigenvalue weighted by atomic mass is 16.5. The Labute approximate surface area is 148 Å². The van der Waals surface area contributed by atoms with Crippen molar-refractivity contribution in [3.63, 3.8) is 0 Å². The molecule has 0 radical (unpaired) electrons. The molecule has 0 unspecified atom stereocenters. The molecule has 0 bridgehead atoms. The Kier molecular flexibility index (Phi) is 5.38. The summed E-state index contributed by atoms with van der Waals surface area (Å²) in [5, 5.41) is 5.80. The van der Waals surface area contributed by atoms with E-state index in [4.69, 9.17) is 4.74 Å². The quantitative estimate of drug-likeness (QED) is 0.847. The summed E-state index contributed by atoms with van der Waals surface area (Å²) in [6.07, 6.45) is 2.73. The van der Waals surface area contributed by atoms with Crippen LogP contribution in [-0.4, -0.2) is 37.3 Å². The highest BCUT2D eigenvalue weighted by molar-refractivity contribution is 5.74. The normalized spacial score (nSPS) is 13.9. The number of methoxy groups -OCH3 is 1. The molecular weight excluding hydrogens is 316 g/mol. The third-order valence-corrected chi connectivity index (χ3v) is 4.50. The van der Waals surface area contributed by atoms with E-state index in [1.807, 2.05) is 12.1 Å². The molecule has 1 aromatic heterocycles. The Morgan fingerprint density at radius 2 is 2.12 bits per heavy atom. The van der Waals surface area contributed by atoms with Crippen LogP contribution < -0.4 is 20.3 Å². The van der Waals surface area contributed by atoms with E-state index in [0.717, 1.165) is 18.5 Å². The molecule has 25 heavy (non-hydrogen) atoms. The number of urea groups is 1. The van der Waals surface area contributed by atoms with Gasteiger partial charge in [0.25, 0.3) is 0 Å². The predicted octanol–water partition coefficient (Wildman–Crippen LogP) is 2.34. The zero-order chi connectivity index (χ0) is 17.6. The number of anilines is 1. The monoisotopic (exact) mass is 340 g/mol. The lowest BCUT2D eigenvalue weighted by Gasteiger charge is -2.27. The average molecular weight is 340 g/mol. The summed E-state index contributed by atoms with van der Waals surface area (Å²) in [7, 11) is 1.57. The molecule has 132 valence electrons. The van der Waals surface area contributed by atoms with Crippen molar-refractivity contribution in [2.75, 3.05) is 25.1 Å². The first-order chi connectivity index (χ1) is 12.2. The molecule has 6 heteroatoms. The Morgan fingerprint density at radius 1 is 1.28 bits per heavy atom.